The van der Waals surface area contributed by atoms with E-state index in [0.717, 1.165) is 28.3 Å². The van der Waals surface area contributed by atoms with E-state index in [2.05, 4.69) is 276 Å². The summed E-state index contributed by atoms with van der Waals surface area (Å²) >= 11 is 0. The molecule has 0 bridgehead atoms. The van der Waals surface area contributed by atoms with E-state index in [1.165, 1.54) is 69.7 Å². The first-order valence-electron chi connectivity index (χ1n) is 22.4. The molecule has 0 aliphatic carbocycles. The molecule has 65 heavy (non-hydrogen) atoms. The number of anilines is 3. The molecule has 306 valence electrons. The van der Waals surface area contributed by atoms with E-state index < -0.39 is 8.07 Å². The molecule has 3 heteroatoms. The summed E-state index contributed by atoms with van der Waals surface area (Å²) in [6.07, 6.45) is 0. The van der Waals surface area contributed by atoms with Crippen molar-refractivity contribution < 1.29 is 0 Å². The Morgan fingerprint density at radius 1 is 0.308 bits per heavy atom. The second-order valence-electron chi connectivity index (χ2n) is 16.9. The maximum atomic E-state index is 2.49. The molecule has 0 aliphatic rings. The molecule has 0 aliphatic heterocycles. The minimum atomic E-state index is -2.84. The minimum absolute atomic E-state index is 1.09. The van der Waals surface area contributed by atoms with Crippen LogP contribution in [0.2, 0.25) is 0 Å². The highest BCUT2D eigenvalue weighted by Crippen LogP contribution is 2.44. The average Bonchev–Trinajstić information content (AvgIpc) is 3.73. The van der Waals surface area contributed by atoms with Crippen LogP contribution in [0.15, 0.2) is 267 Å². The molecule has 0 atom stereocenters. The van der Waals surface area contributed by atoms with Crippen LogP contribution < -0.4 is 25.6 Å². The second-order valence-corrected chi connectivity index (χ2v) is 20.7. The van der Waals surface area contributed by atoms with Gasteiger partial charge in [0.1, 0.15) is 0 Å². The number of para-hydroxylation sites is 2. The fourth-order valence-electron chi connectivity index (χ4n) is 10.4. The molecular formula is C62H44N2Si. The molecule has 0 radical (unpaired) electrons. The van der Waals surface area contributed by atoms with Gasteiger partial charge in [-0.15, -0.1) is 0 Å². The summed E-state index contributed by atoms with van der Waals surface area (Å²) < 4.78 is 2.41. The summed E-state index contributed by atoms with van der Waals surface area (Å²) in [5, 5.41) is 12.8. The zero-order valence-electron chi connectivity index (χ0n) is 35.8. The molecule has 0 saturated carbocycles. The molecule has 11 aromatic carbocycles. The van der Waals surface area contributed by atoms with Gasteiger partial charge < -0.3 is 9.47 Å². The molecule has 12 rings (SSSR count). The molecule has 2 nitrogen and oxygen atoms in total. The van der Waals surface area contributed by atoms with E-state index >= 15 is 0 Å². The van der Waals surface area contributed by atoms with Crippen LogP contribution in [0.3, 0.4) is 0 Å². The third-order valence-electron chi connectivity index (χ3n) is 13.3. The Morgan fingerprint density at radius 3 is 1.49 bits per heavy atom. The van der Waals surface area contributed by atoms with Crippen LogP contribution in [0.25, 0.3) is 60.2 Å². The van der Waals surface area contributed by atoms with Gasteiger partial charge in [-0.2, -0.15) is 0 Å². The van der Waals surface area contributed by atoms with Crippen molar-refractivity contribution >= 4 is 89.2 Å². The standard InChI is InChI=1S/C62H44N2Si/c1-5-20-49(21-6-1)64-59-32-16-15-31-57(59)62-60(33-18-34-61(62)64)63(50-41-39-45(40-42-50)48-38-37-47-36-35-46-19-13-14-30-56(46)58(47)43-48)51-22-17-29-55(44-51)65(52-23-7-2-8-24-52,53-25-9-3-10-26-53)54-27-11-4-12-28-54/h1-44H. The lowest BCUT2D eigenvalue weighted by Crippen LogP contribution is -2.74. The van der Waals surface area contributed by atoms with Gasteiger partial charge in [-0.3, -0.25) is 0 Å². The Morgan fingerprint density at radius 2 is 0.815 bits per heavy atom. The largest absolute Gasteiger partial charge is 0.310 e. The van der Waals surface area contributed by atoms with Crippen molar-refractivity contribution in [1.82, 2.24) is 4.57 Å². The summed E-state index contributed by atoms with van der Waals surface area (Å²) in [6, 6.07) is 98.6. The molecule has 0 N–H and O–H groups in total. The molecule has 1 aromatic heterocycles. The van der Waals surface area contributed by atoms with Crippen LogP contribution in [0.4, 0.5) is 17.1 Å². The minimum Gasteiger partial charge on any atom is -0.310 e. The van der Waals surface area contributed by atoms with Crippen molar-refractivity contribution in [2.75, 3.05) is 4.90 Å². The fourth-order valence-corrected chi connectivity index (χ4v) is 15.2. The van der Waals surface area contributed by atoms with Gasteiger partial charge in [0.25, 0.3) is 0 Å². The van der Waals surface area contributed by atoms with Crippen molar-refractivity contribution in [2.24, 2.45) is 0 Å². The first kappa shape index (κ1) is 38.4. The van der Waals surface area contributed by atoms with Crippen molar-refractivity contribution in [2.45, 2.75) is 0 Å². The first-order valence-corrected chi connectivity index (χ1v) is 24.4. The van der Waals surface area contributed by atoms with Crippen molar-refractivity contribution in [3.8, 4) is 16.8 Å². The summed E-state index contributed by atoms with van der Waals surface area (Å²) in [5.41, 5.74) is 9.19. The monoisotopic (exact) mass is 844 g/mol. The van der Waals surface area contributed by atoms with Crippen LogP contribution in [0, 0.1) is 0 Å². The molecule has 0 fully saturated rings. The summed E-state index contributed by atoms with van der Waals surface area (Å²) in [7, 11) is -2.84. The number of hydrogen-bond donors (Lipinski definition) is 0. The van der Waals surface area contributed by atoms with Crippen LogP contribution in [0.1, 0.15) is 0 Å². The predicted molar refractivity (Wildman–Crippen MR) is 280 cm³/mol. The topological polar surface area (TPSA) is 8.17 Å². The number of rotatable bonds is 9. The van der Waals surface area contributed by atoms with Crippen molar-refractivity contribution in [1.29, 1.82) is 0 Å². The lowest BCUT2D eigenvalue weighted by atomic mass is 9.97. The van der Waals surface area contributed by atoms with Gasteiger partial charge in [0.2, 0.25) is 0 Å². The van der Waals surface area contributed by atoms with Crippen LogP contribution in [-0.4, -0.2) is 12.6 Å². The van der Waals surface area contributed by atoms with Gasteiger partial charge in [-0.05, 0) is 114 Å². The van der Waals surface area contributed by atoms with E-state index in [1.807, 2.05) is 0 Å². The third kappa shape index (κ3) is 6.47. The molecule has 0 amide bonds. The number of nitrogens with zero attached hydrogens (tertiary/aromatic N) is 2. The summed E-state index contributed by atoms with van der Waals surface area (Å²) in [5.74, 6) is 0. The normalized spacial score (nSPS) is 11.7. The van der Waals surface area contributed by atoms with Gasteiger partial charge in [-0.25, -0.2) is 0 Å². The van der Waals surface area contributed by atoms with Crippen LogP contribution in [0.5, 0.6) is 0 Å². The van der Waals surface area contributed by atoms with E-state index in [9.17, 15) is 0 Å². The van der Waals surface area contributed by atoms with Gasteiger partial charge in [0.15, 0.2) is 8.07 Å². The van der Waals surface area contributed by atoms with Gasteiger partial charge >= 0.3 is 0 Å². The Labute approximate surface area is 380 Å². The van der Waals surface area contributed by atoms with Gasteiger partial charge in [-0.1, -0.05) is 206 Å². The quantitative estimate of drug-likeness (QED) is 0.0798. The smallest absolute Gasteiger partial charge is 0.179 e. The van der Waals surface area contributed by atoms with E-state index in [-0.39, 0.29) is 0 Å². The molecule has 0 unspecified atom stereocenters. The lowest BCUT2D eigenvalue weighted by molar-refractivity contribution is 1.18. The Bertz CT molecular complexity index is 3540. The number of hydrogen-bond acceptors (Lipinski definition) is 1. The Hall–Kier alpha value is -8.24. The third-order valence-corrected chi connectivity index (χ3v) is 18.1. The maximum absolute atomic E-state index is 2.84. The molecule has 12 aromatic rings. The highest BCUT2D eigenvalue weighted by Gasteiger charge is 2.41. The summed E-state index contributed by atoms with van der Waals surface area (Å²) in [6.45, 7) is 0. The SMILES string of the molecule is c1ccc(-n2c3ccccc3c3c(N(c4ccc(-c5ccc6ccc7ccccc7c6c5)cc4)c4cccc([Si](c5ccccc5)(c5ccccc5)c5ccccc5)c4)cccc32)cc1. The Balaban J connectivity index is 1.10. The second kappa shape index (κ2) is 16.1. The first-order chi connectivity index (χ1) is 32.3. The predicted octanol–water partition coefficient (Wildman–Crippen LogP) is 13.6. The molecule has 0 spiro atoms. The molecule has 1 heterocycles. The number of benzene rings is 11. The van der Waals surface area contributed by atoms with Gasteiger partial charge in [0.05, 0.1) is 16.7 Å². The van der Waals surface area contributed by atoms with Crippen molar-refractivity contribution in [3.63, 3.8) is 0 Å². The van der Waals surface area contributed by atoms with E-state index in [0.29, 0.717) is 0 Å². The fraction of sp³-hybridized carbons (Fsp3) is 0. The summed E-state index contributed by atoms with van der Waals surface area (Å²) in [4.78, 5) is 2.49. The molecule has 0 saturated heterocycles. The van der Waals surface area contributed by atoms with E-state index in [1.54, 1.807) is 0 Å². The highest BCUT2D eigenvalue weighted by molar-refractivity contribution is 7.19. The number of fused-ring (bicyclic) bond motifs is 6. The van der Waals surface area contributed by atoms with Crippen LogP contribution >= 0.6 is 0 Å². The lowest BCUT2D eigenvalue weighted by Gasteiger charge is -2.35. The van der Waals surface area contributed by atoms with E-state index in [4.69, 9.17) is 0 Å². The zero-order valence-corrected chi connectivity index (χ0v) is 36.8. The average molecular weight is 845 g/mol. The Kier molecular flexibility index (Phi) is 9.55. The van der Waals surface area contributed by atoms with Crippen LogP contribution in [-0.2, 0) is 0 Å². The van der Waals surface area contributed by atoms with Gasteiger partial charge in [0, 0.05) is 27.8 Å². The highest BCUT2D eigenvalue weighted by atomic mass is 28.3. The maximum Gasteiger partial charge on any atom is 0.179 e. The zero-order chi connectivity index (χ0) is 43.2. The molecular weight excluding hydrogens is 801 g/mol. The number of aromatic nitrogens is 1. The van der Waals surface area contributed by atoms with Crippen molar-refractivity contribution in [3.05, 3.63) is 267 Å².